The molecule has 1 aliphatic heterocycles. The molecular weight excluding hydrogens is 294 g/mol. The molecule has 0 amide bonds. The van der Waals surface area contributed by atoms with Crippen molar-refractivity contribution >= 4 is 27.3 Å². The van der Waals surface area contributed by atoms with Crippen LogP contribution in [0.1, 0.15) is 0 Å². The number of nitrogens with zero attached hydrogens (tertiary/aromatic N) is 5. The predicted octanol–water partition coefficient (Wildman–Crippen LogP) is 1.25. The van der Waals surface area contributed by atoms with Gasteiger partial charge in [0.15, 0.2) is 5.82 Å². The molecule has 0 atom stereocenters. The monoisotopic (exact) mass is 309 g/mol. The summed E-state index contributed by atoms with van der Waals surface area (Å²) in [6.07, 6.45) is 5.53. The Morgan fingerprint density at radius 2 is 2.00 bits per heavy atom. The quantitative estimate of drug-likeness (QED) is 0.800. The maximum atomic E-state index is 4.51. The molecule has 3 rings (SSSR count). The van der Waals surface area contributed by atoms with Gasteiger partial charge in [-0.05, 0) is 6.07 Å². The van der Waals surface area contributed by atoms with Crippen LogP contribution in [0.15, 0.2) is 24.7 Å². The van der Waals surface area contributed by atoms with Gasteiger partial charge in [-0.15, -0.1) is 0 Å². The number of aromatic nitrogens is 3. The van der Waals surface area contributed by atoms with Crippen molar-refractivity contribution in [1.82, 2.24) is 19.5 Å². The summed E-state index contributed by atoms with van der Waals surface area (Å²) < 4.78 is 1.88. The standard InChI is InChI=1S/C12H16BrN5/c13-2-5-16-7-9-17(10-8-16)12-11-1-3-15-18(11)6-4-14-12/h1,3-4,6H,2,5,7-10H2. The van der Waals surface area contributed by atoms with Crippen molar-refractivity contribution in [2.75, 3.05) is 43.0 Å². The van der Waals surface area contributed by atoms with Gasteiger partial charge in [-0.25, -0.2) is 9.50 Å². The fourth-order valence-corrected chi connectivity index (χ4v) is 2.89. The number of fused-ring (bicyclic) bond motifs is 1. The molecule has 2 aromatic rings. The van der Waals surface area contributed by atoms with Crippen LogP contribution in [-0.4, -0.2) is 57.6 Å². The molecule has 0 spiro atoms. The van der Waals surface area contributed by atoms with E-state index in [9.17, 15) is 0 Å². The van der Waals surface area contributed by atoms with Crippen molar-refractivity contribution in [2.24, 2.45) is 0 Å². The van der Waals surface area contributed by atoms with Crippen molar-refractivity contribution < 1.29 is 0 Å². The van der Waals surface area contributed by atoms with E-state index in [-0.39, 0.29) is 0 Å². The number of halogens is 1. The molecule has 0 radical (unpaired) electrons. The fraction of sp³-hybridized carbons (Fsp3) is 0.500. The van der Waals surface area contributed by atoms with E-state index in [4.69, 9.17) is 0 Å². The van der Waals surface area contributed by atoms with Gasteiger partial charge in [0.2, 0.25) is 0 Å². The van der Waals surface area contributed by atoms with Crippen LogP contribution in [0.4, 0.5) is 5.82 Å². The zero-order chi connectivity index (χ0) is 12.4. The molecule has 2 aromatic heterocycles. The highest BCUT2D eigenvalue weighted by molar-refractivity contribution is 9.09. The summed E-state index contributed by atoms with van der Waals surface area (Å²) in [4.78, 5) is 9.33. The second-order valence-electron chi connectivity index (χ2n) is 4.43. The van der Waals surface area contributed by atoms with E-state index in [0.717, 1.165) is 49.4 Å². The van der Waals surface area contributed by atoms with Gasteiger partial charge < -0.3 is 4.90 Å². The average molecular weight is 310 g/mol. The van der Waals surface area contributed by atoms with E-state index in [1.807, 2.05) is 29.2 Å². The minimum absolute atomic E-state index is 1.03. The molecule has 0 unspecified atom stereocenters. The smallest absolute Gasteiger partial charge is 0.154 e. The Labute approximate surface area is 115 Å². The first-order valence-corrected chi connectivity index (χ1v) is 7.32. The Hall–Kier alpha value is -1.14. The molecule has 1 saturated heterocycles. The van der Waals surface area contributed by atoms with Crippen LogP contribution < -0.4 is 4.90 Å². The molecule has 0 aliphatic carbocycles. The van der Waals surface area contributed by atoms with E-state index in [2.05, 4.69) is 35.8 Å². The molecular formula is C12H16BrN5. The zero-order valence-electron chi connectivity index (χ0n) is 10.2. The van der Waals surface area contributed by atoms with Gasteiger partial charge in [0.1, 0.15) is 5.52 Å². The number of rotatable bonds is 3. The normalized spacial score (nSPS) is 17.5. The SMILES string of the molecule is BrCCN1CCN(c2nccn3nccc23)CC1. The number of hydrogen-bond acceptors (Lipinski definition) is 4. The number of anilines is 1. The van der Waals surface area contributed by atoms with Gasteiger partial charge in [0, 0.05) is 50.4 Å². The number of hydrogen-bond donors (Lipinski definition) is 0. The van der Waals surface area contributed by atoms with Crippen LogP contribution in [0.2, 0.25) is 0 Å². The first kappa shape index (κ1) is 11.9. The Bertz CT molecular complexity index is 518. The third-order valence-electron chi connectivity index (χ3n) is 3.38. The Kier molecular flexibility index (Phi) is 3.47. The fourth-order valence-electron chi connectivity index (χ4n) is 2.39. The van der Waals surface area contributed by atoms with Gasteiger partial charge >= 0.3 is 0 Å². The lowest BCUT2D eigenvalue weighted by molar-refractivity contribution is 0.273. The van der Waals surface area contributed by atoms with E-state index in [1.54, 1.807) is 0 Å². The van der Waals surface area contributed by atoms with Gasteiger partial charge in [0.05, 0.1) is 6.20 Å². The lowest BCUT2D eigenvalue weighted by atomic mass is 10.3. The van der Waals surface area contributed by atoms with Crippen LogP contribution in [0.3, 0.4) is 0 Å². The molecule has 0 bridgehead atoms. The van der Waals surface area contributed by atoms with E-state index in [0.29, 0.717) is 0 Å². The molecule has 6 heteroatoms. The van der Waals surface area contributed by atoms with Crippen molar-refractivity contribution in [1.29, 1.82) is 0 Å². The van der Waals surface area contributed by atoms with Gasteiger partial charge in [-0.2, -0.15) is 5.10 Å². The van der Waals surface area contributed by atoms with E-state index < -0.39 is 0 Å². The molecule has 0 saturated carbocycles. The van der Waals surface area contributed by atoms with Crippen molar-refractivity contribution in [3.63, 3.8) is 0 Å². The molecule has 0 aromatic carbocycles. The third kappa shape index (κ3) is 2.22. The number of alkyl halides is 1. The molecule has 96 valence electrons. The molecule has 5 nitrogen and oxygen atoms in total. The molecule has 1 fully saturated rings. The summed E-state index contributed by atoms with van der Waals surface area (Å²) in [5.74, 6) is 1.05. The highest BCUT2D eigenvalue weighted by atomic mass is 79.9. The lowest BCUT2D eigenvalue weighted by Gasteiger charge is -2.35. The summed E-state index contributed by atoms with van der Waals surface area (Å²) in [7, 11) is 0. The largest absolute Gasteiger partial charge is 0.352 e. The van der Waals surface area contributed by atoms with Gasteiger partial charge in [0.25, 0.3) is 0 Å². The average Bonchev–Trinajstić information content (AvgIpc) is 2.88. The minimum atomic E-state index is 1.03. The number of piperazine rings is 1. The maximum absolute atomic E-state index is 4.51. The first-order valence-electron chi connectivity index (χ1n) is 6.20. The summed E-state index contributed by atoms with van der Waals surface area (Å²) in [5, 5.41) is 5.30. The Balaban J connectivity index is 1.78. The second-order valence-corrected chi connectivity index (χ2v) is 5.22. The molecule has 18 heavy (non-hydrogen) atoms. The Morgan fingerprint density at radius 3 is 2.78 bits per heavy atom. The Morgan fingerprint density at radius 1 is 1.17 bits per heavy atom. The zero-order valence-corrected chi connectivity index (χ0v) is 11.8. The maximum Gasteiger partial charge on any atom is 0.154 e. The first-order chi connectivity index (χ1) is 8.88. The summed E-state index contributed by atoms with van der Waals surface area (Å²) >= 11 is 3.49. The third-order valence-corrected chi connectivity index (χ3v) is 3.73. The van der Waals surface area contributed by atoms with Crippen LogP contribution in [-0.2, 0) is 0 Å². The summed E-state index contributed by atoms with van der Waals surface area (Å²) in [5.41, 5.74) is 1.09. The van der Waals surface area contributed by atoms with Crippen LogP contribution in [0.5, 0.6) is 0 Å². The predicted molar refractivity (Wildman–Crippen MR) is 75.4 cm³/mol. The van der Waals surface area contributed by atoms with E-state index >= 15 is 0 Å². The van der Waals surface area contributed by atoms with Crippen molar-refractivity contribution in [3.8, 4) is 0 Å². The van der Waals surface area contributed by atoms with Crippen molar-refractivity contribution in [3.05, 3.63) is 24.7 Å². The summed E-state index contributed by atoms with van der Waals surface area (Å²) in [6.45, 7) is 5.39. The molecule has 0 N–H and O–H groups in total. The highest BCUT2D eigenvalue weighted by Crippen LogP contribution is 2.19. The second kappa shape index (κ2) is 5.24. The topological polar surface area (TPSA) is 36.7 Å². The van der Waals surface area contributed by atoms with Crippen molar-refractivity contribution in [2.45, 2.75) is 0 Å². The molecule has 3 heterocycles. The van der Waals surface area contributed by atoms with Gasteiger partial charge in [-0.1, -0.05) is 15.9 Å². The van der Waals surface area contributed by atoms with E-state index in [1.165, 1.54) is 0 Å². The highest BCUT2D eigenvalue weighted by Gasteiger charge is 2.19. The van der Waals surface area contributed by atoms with Crippen LogP contribution in [0.25, 0.3) is 5.52 Å². The minimum Gasteiger partial charge on any atom is -0.352 e. The molecule has 1 aliphatic rings. The van der Waals surface area contributed by atoms with Gasteiger partial charge in [-0.3, -0.25) is 4.90 Å². The van der Waals surface area contributed by atoms with Crippen LogP contribution in [0, 0.1) is 0 Å². The lowest BCUT2D eigenvalue weighted by Crippen LogP contribution is -2.47. The summed E-state index contributed by atoms with van der Waals surface area (Å²) in [6, 6.07) is 2.02. The van der Waals surface area contributed by atoms with Crippen LogP contribution >= 0.6 is 15.9 Å².